The molecule has 2 saturated heterocycles. The molecule has 0 N–H and O–H groups in total. The van der Waals surface area contributed by atoms with Crippen LogP contribution in [0.1, 0.15) is 40.7 Å². The summed E-state index contributed by atoms with van der Waals surface area (Å²) in [4.78, 5) is 31.0. The van der Waals surface area contributed by atoms with Gasteiger partial charge >= 0.3 is 0 Å². The van der Waals surface area contributed by atoms with E-state index in [4.69, 9.17) is 9.51 Å². The van der Waals surface area contributed by atoms with Gasteiger partial charge in [0.05, 0.1) is 0 Å². The van der Waals surface area contributed by atoms with E-state index in [1.165, 1.54) is 0 Å². The first-order valence-corrected chi connectivity index (χ1v) is 10.9. The summed E-state index contributed by atoms with van der Waals surface area (Å²) in [6, 6.07) is 3.88. The summed E-state index contributed by atoms with van der Waals surface area (Å²) in [5.41, 5.74) is 1.40. The number of amides is 1. The standard InChI is InChI=1S/C21H29N7O2/c1-15-13-19(26-7-5-25(2)6-8-26)23-21(22-15)28-11-9-27(10-12-28)20(29)17-14-18(30-24-17)16-3-4-16/h13-14,16H,3-12H2,1-2H3. The van der Waals surface area contributed by atoms with Crippen LogP contribution >= 0.6 is 0 Å². The maximum Gasteiger partial charge on any atom is 0.276 e. The van der Waals surface area contributed by atoms with E-state index in [1.807, 2.05) is 17.9 Å². The zero-order valence-corrected chi connectivity index (χ0v) is 17.8. The van der Waals surface area contributed by atoms with Crippen LogP contribution in [0.5, 0.6) is 0 Å². The van der Waals surface area contributed by atoms with E-state index in [-0.39, 0.29) is 5.91 Å². The van der Waals surface area contributed by atoms with Gasteiger partial charge in [0.2, 0.25) is 5.95 Å². The molecule has 9 heteroatoms. The van der Waals surface area contributed by atoms with Crippen molar-refractivity contribution in [3.05, 3.63) is 29.3 Å². The van der Waals surface area contributed by atoms with Crippen molar-refractivity contribution in [1.82, 2.24) is 24.9 Å². The third-order valence-electron chi connectivity index (χ3n) is 6.23. The monoisotopic (exact) mass is 411 g/mol. The maximum absolute atomic E-state index is 12.8. The molecule has 5 rings (SSSR count). The smallest absolute Gasteiger partial charge is 0.276 e. The second-order valence-electron chi connectivity index (χ2n) is 8.63. The molecule has 4 heterocycles. The van der Waals surface area contributed by atoms with Crippen molar-refractivity contribution in [2.45, 2.75) is 25.7 Å². The Labute approximate surface area is 176 Å². The molecule has 0 atom stereocenters. The Morgan fingerprint density at radius 2 is 1.67 bits per heavy atom. The number of aryl methyl sites for hydroxylation is 1. The molecule has 1 saturated carbocycles. The fourth-order valence-electron chi connectivity index (χ4n) is 4.10. The molecule has 0 aromatic carbocycles. The molecule has 2 aromatic heterocycles. The summed E-state index contributed by atoms with van der Waals surface area (Å²) in [7, 11) is 2.15. The Balaban J connectivity index is 1.23. The average molecular weight is 412 g/mol. The molecule has 9 nitrogen and oxygen atoms in total. The van der Waals surface area contributed by atoms with Crippen molar-refractivity contribution in [3.8, 4) is 0 Å². The Bertz CT molecular complexity index is 910. The molecule has 0 bridgehead atoms. The largest absolute Gasteiger partial charge is 0.360 e. The number of likely N-dealkylation sites (N-methyl/N-ethyl adjacent to an activating group) is 1. The summed E-state index contributed by atoms with van der Waals surface area (Å²) in [5, 5.41) is 4.00. The van der Waals surface area contributed by atoms with Gasteiger partial charge in [0.25, 0.3) is 5.91 Å². The Kier molecular flexibility index (Phi) is 5.06. The van der Waals surface area contributed by atoms with E-state index in [2.05, 4.69) is 38.0 Å². The summed E-state index contributed by atoms with van der Waals surface area (Å²) in [6.45, 7) is 8.76. The number of carbonyl (C=O) groups excluding carboxylic acids is 1. The van der Waals surface area contributed by atoms with Gasteiger partial charge in [-0.3, -0.25) is 4.79 Å². The number of carbonyl (C=O) groups is 1. The Morgan fingerprint density at radius 3 is 2.37 bits per heavy atom. The van der Waals surface area contributed by atoms with E-state index in [0.717, 1.165) is 62.2 Å². The molecule has 0 spiro atoms. The molecule has 160 valence electrons. The predicted molar refractivity (Wildman–Crippen MR) is 113 cm³/mol. The molecule has 1 amide bonds. The van der Waals surface area contributed by atoms with Crippen LogP contribution < -0.4 is 9.80 Å². The summed E-state index contributed by atoms with van der Waals surface area (Å²) >= 11 is 0. The molecular weight excluding hydrogens is 382 g/mol. The van der Waals surface area contributed by atoms with Crippen molar-refractivity contribution in [2.24, 2.45) is 0 Å². The SMILES string of the molecule is Cc1cc(N2CCN(C)CC2)nc(N2CCN(C(=O)c3cc(C4CC4)on3)CC2)n1. The lowest BCUT2D eigenvalue weighted by Crippen LogP contribution is -2.49. The number of hydrogen-bond acceptors (Lipinski definition) is 8. The van der Waals surface area contributed by atoms with Gasteiger partial charge in [-0.15, -0.1) is 0 Å². The first-order valence-electron chi connectivity index (χ1n) is 10.9. The number of piperazine rings is 2. The first kappa shape index (κ1) is 19.3. The number of aromatic nitrogens is 3. The van der Waals surface area contributed by atoms with Crippen LogP contribution in [0.3, 0.4) is 0 Å². The van der Waals surface area contributed by atoms with Gasteiger partial charge in [-0.25, -0.2) is 4.98 Å². The summed E-state index contributed by atoms with van der Waals surface area (Å²) in [5.74, 6) is 3.02. The molecule has 1 aliphatic carbocycles. The van der Waals surface area contributed by atoms with E-state index < -0.39 is 0 Å². The molecule has 0 unspecified atom stereocenters. The highest BCUT2D eigenvalue weighted by Gasteiger charge is 2.31. The van der Waals surface area contributed by atoms with Crippen molar-refractivity contribution >= 4 is 17.7 Å². The number of anilines is 2. The minimum absolute atomic E-state index is 0.0476. The number of hydrogen-bond donors (Lipinski definition) is 0. The highest BCUT2D eigenvalue weighted by atomic mass is 16.5. The summed E-state index contributed by atoms with van der Waals surface area (Å²) < 4.78 is 5.35. The van der Waals surface area contributed by atoms with E-state index in [9.17, 15) is 4.79 Å². The Morgan fingerprint density at radius 1 is 0.967 bits per heavy atom. The molecule has 3 aliphatic rings. The highest BCUT2D eigenvalue weighted by Crippen LogP contribution is 2.40. The average Bonchev–Trinajstić information content (AvgIpc) is 3.50. The quantitative estimate of drug-likeness (QED) is 0.746. The van der Waals surface area contributed by atoms with Crippen LogP contribution in [-0.4, -0.2) is 90.2 Å². The lowest BCUT2D eigenvalue weighted by molar-refractivity contribution is 0.0735. The first-order chi connectivity index (χ1) is 14.6. The van der Waals surface area contributed by atoms with Gasteiger partial charge in [0.1, 0.15) is 11.6 Å². The lowest BCUT2D eigenvalue weighted by Gasteiger charge is -2.36. The van der Waals surface area contributed by atoms with Gasteiger partial charge < -0.3 is 24.1 Å². The molecule has 0 radical (unpaired) electrons. The molecule has 2 aliphatic heterocycles. The topological polar surface area (TPSA) is 81.8 Å². The van der Waals surface area contributed by atoms with Crippen molar-refractivity contribution < 1.29 is 9.32 Å². The third kappa shape index (κ3) is 3.98. The van der Waals surface area contributed by atoms with Crippen LogP contribution in [0.2, 0.25) is 0 Å². The zero-order valence-electron chi connectivity index (χ0n) is 17.8. The van der Waals surface area contributed by atoms with Crippen molar-refractivity contribution in [2.75, 3.05) is 69.2 Å². The van der Waals surface area contributed by atoms with E-state index >= 15 is 0 Å². The van der Waals surface area contributed by atoms with Crippen LogP contribution in [0, 0.1) is 6.92 Å². The second-order valence-corrected chi connectivity index (χ2v) is 8.63. The normalized spacial score (nSPS) is 20.7. The molecule has 30 heavy (non-hydrogen) atoms. The molecule has 2 aromatic rings. The second kappa shape index (κ2) is 7.86. The van der Waals surface area contributed by atoms with E-state index in [0.29, 0.717) is 37.8 Å². The maximum atomic E-state index is 12.8. The van der Waals surface area contributed by atoms with Crippen LogP contribution in [-0.2, 0) is 0 Å². The van der Waals surface area contributed by atoms with Crippen molar-refractivity contribution in [1.29, 1.82) is 0 Å². The van der Waals surface area contributed by atoms with Gasteiger partial charge in [-0.1, -0.05) is 5.16 Å². The third-order valence-corrected chi connectivity index (χ3v) is 6.23. The lowest BCUT2D eigenvalue weighted by atomic mass is 10.2. The molecule has 3 fully saturated rings. The minimum atomic E-state index is -0.0476. The van der Waals surface area contributed by atoms with Gasteiger partial charge in [0.15, 0.2) is 5.69 Å². The van der Waals surface area contributed by atoms with Crippen LogP contribution in [0.4, 0.5) is 11.8 Å². The number of rotatable bonds is 4. The molecular formula is C21H29N7O2. The fraction of sp³-hybridized carbons (Fsp3) is 0.619. The highest BCUT2D eigenvalue weighted by molar-refractivity contribution is 5.92. The van der Waals surface area contributed by atoms with Crippen molar-refractivity contribution in [3.63, 3.8) is 0 Å². The fourth-order valence-corrected chi connectivity index (χ4v) is 4.10. The van der Waals surface area contributed by atoms with Crippen LogP contribution in [0.15, 0.2) is 16.7 Å². The van der Waals surface area contributed by atoms with Crippen LogP contribution in [0.25, 0.3) is 0 Å². The van der Waals surface area contributed by atoms with Gasteiger partial charge in [0, 0.05) is 76.1 Å². The Hall–Kier alpha value is -2.68. The predicted octanol–water partition coefficient (Wildman–Crippen LogP) is 1.36. The minimum Gasteiger partial charge on any atom is -0.360 e. The zero-order chi connectivity index (χ0) is 20.7. The number of nitrogens with zero attached hydrogens (tertiary/aromatic N) is 7. The van der Waals surface area contributed by atoms with Gasteiger partial charge in [-0.05, 0) is 26.8 Å². The summed E-state index contributed by atoms with van der Waals surface area (Å²) in [6.07, 6.45) is 2.27. The van der Waals surface area contributed by atoms with E-state index in [1.54, 1.807) is 0 Å². The van der Waals surface area contributed by atoms with Gasteiger partial charge in [-0.2, -0.15) is 4.98 Å².